The van der Waals surface area contributed by atoms with Crippen LogP contribution in [0.2, 0.25) is 4.34 Å². The molecule has 1 saturated heterocycles. The second-order valence-corrected chi connectivity index (χ2v) is 5.56. The lowest BCUT2D eigenvalue weighted by molar-refractivity contribution is 0.0958. The van der Waals surface area contributed by atoms with E-state index >= 15 is 0 Å². The Morgan fingerprint density at radius 3 is 2.93 bits per heavy atom. The minimum absolute atomic E-state index is 0.153. The summed E-state index contributed by atoms with van der Waals surface area (Å²) in [6.07, 6.45) is 1.30. The Morgan fingerprint density at radius 2 is 2.47 bits per heavy atom. The van der Waals surface area contributed by atoms with Crippen LogP contribution < -0.4 is 11.3 Å². The molecule has 1 fully saturated rings. The molecule has 3 N–H and O–H groups in total. The number of hydrogen-bond acceptors (Lipinski definition) is 4. The molecular weight excluding hydrogens is 232 g/mol. The van der Waals surface area contributed by atoms with Gasteiger partial charge in [-0.3, -0.25) is 11.3 Å². The van der Waals surface area contributed by atoms with Crippen LogP contribution in [-0.4, -0.2) is 12.7 Å². The lowest BCUT2D eigenvalue weighted by atomic mass is 9.93. The van der Waals surface area contributed by atoms with Crippen molar-refractivity contribution in [2.45, 2.75) is 25.5 Å². The number of halogens is 1. The van der Waals surface area contributed by atoms with Crippen molar-refractivity contribution in [3.05, 3.63) is 21.3 Å². The average molecular weight is 247 g/mol. The first-order valence-corrected chi connectivity index (χ1v) is 6.25. The van der Waals surface area contributed by atoms with E-state index in [0.29, 0.717) is 5.92 Å². The molecule has 0 spiro atoms. The van der Waals surface area contributed by atoms with E-state index in [4.69, 9.17) is 22.2 Å². The molecule has 0 aromatic carbocycles. The summed E-state index contributed by atoms with van der Waals surface area (Å²) in [5.74, 6) is 6.05. The van der Waals surface area contributed by atoms with Gasteiger partial charge in [0.05, 0.1) is 16.5 Å². The Bertz CT molecular complexity index is 331. The first-order valence-electron chi connectivity index (χ1n) is 5.05. The van der Waals surface area contributed by atoms with Crippen molar-refractivity contribution in [2.75, 3.05) is 6.61 Å². The van der Waals surface area contributed by atoms with Crippen LogP contribution in [0.25, 0.3) is 0 Å². The molecule has 3 unspecified atom stereocenters. The maximum atomic E-state index is 5.92. The van der Waals surface area contributed by atoms with E-state index in [0.717, 1.165) is 17.4 Å². The Balaban J connectivity index is 2.16. The van der Waals surface area contributed by atoms with Crippen molar-refractivity contribution >= 4 is 22.9 Å². The van der Waals surface area contributed by atoms with Crippen LogP contribution in [0.15, 0.2) is 12.1 Å². The minimum Gasteiger partial charge on any atom is -0.378 e. The SMILES string of the molecule is CC1OCCC1C(NN)c1ccc(Cl)s1. The van der Waals surface area contributed by atoms with Gasteiger partial charge in [-0.1, -0.05) is 11.6 Å². The summed E-state index contributed by atoms with van der Waals surface area (Å²) >= 11 is 7.50. The molecule has 1 aliphatic rings. The number of rotatable bonds is 3. The summed E-state index contributed by atoms with van der Waals surface area (Å²) in [7, 11) is 0. The highest BCUT2D eigenvalue weighted by atomic mass is 35.5. The molecule has 0 radical (unpaired) electrons. The molecule has 84 valence electrons. The molecule has 0 aliphatic carbocycles. The second kappa shape index (κ2) is 4.80. The molecule has 1 aromatic heterocycles. The molecule has 5 heteroatoms. The predicted octanol–water partition coefficient (Wildman–Crippen LogP) is 2.33. The van der Waals surface area contributed by atoms with E-state index < -0.39 is 0 Å². The van der Waals surface area contributed by atoms with E-state index in [9.17, 15) is 0 Å². The van der Waals surface area contributed by atoms with Crippen LogP contribution in [0, 0.1) is 5.92 Å². The minimum atomic E-state index is 0.153. The van der Waals surface area contributed by atoms with E-state index in [1.807, 2.05) is 12.1 Å². The van der Waals surface area contributed by atoms with Crippen LogP contribution in [0.1, 0.15) is 24.3 Å². The third kappa shape index (κ3) is 2.34. The van der Waals surface area contributed by atoms with Crippen molar-refractivity contribution in [2.24, 2.45) is 11.8 Å². The Kier molecular flexibility index (Phi) is 3.64. The maximum Gasteiger partial charge on any atom is 0.0931 e. The highest BCUT2D eigenvalue weighted by Gasteiger charge is 2.32. The van der Waals surface area contributed by atoms with Crippen LogP contribution in [0.4, 0.5) is 0 Å². The fraction of sp³-hybridized carbons (Fsp3) is 0.600. The van der Waals surface area contributed by atoms with Gasteiger partial charge in [-0.15, -0.1) is 11.3 Å². The average Bonchev–Trinajstić information content (AvgIpc) is 2.79. The van der Waals surface area contributed by atoms with Crippen molar-refractivity contribution in [3.63, 3.8) is 0 Å². The topological polar surface area (TPSA) is 47.3 Å². The van der Waals surface area contributed by atoms with Gasteiger partial charge in [0.1, 0.15) is 0 Å². The van der Waals surface area contributed by atoms with Gasteiger partial charge in [0.25, 0.3) is 0 Å². The Morgan fingerprint density at radius 1 is 1.67 bits per heavy atom. The van der Waals surface area contributed by atoms with Crippen molar-refractivity contribution in [1.82, 2.24) is 5.43 Å². The summed E-state index contributed by atoms with van der Waals surface area (Å²) in [5, 5.41) is 0. The number of hydrogen-bond donors (Lipinski definition) is 2. The first-order chi connectivity index (χ1) is 7.22. The molecular formula is C10H15ClN2OS. The zero-order chi connectivity index (χ0) is 10.8. The van der Waals surface area contributed by atoms with Gasteiger partial charge in [0.15, 0.2) is 0 Å². The zero-order valence-electron chi connectivity index (χ0n) is 8.57. The quantitative estimate of drug-likeness (QED) is 0.636. The number of ether oxygens (including phenoxy) is 1. The van der Waals surface area contributed by atoms with Gasteiger partial charge in [-0.05, 0) is 25.5 Å². The third-order valence-corrected chi connectivity index (χ3v) is 4.26. The molecule has 0 amide bonds. The molecule has 1 aliphatic heterocycles. The number of thiophene rings is 1. The van der Waals surface area contributed by atoms with Gasteiger partial charge in [0, 0.05) is 17.4 Å². The van der Waals surface area contributed by atoms with Gasteiger partial charge in [0.2, 0.25) is 0 Å². The van der Waals surface area contributed by atoms with Crippen molar-refractivity contribution < 1.29 is 4.74 Å². The summed E-state index contributed by atoms with van der Waals surface area (Å²) in [4.78, 5) is 1.19. The smallest absolute Gasteiger partial charge is 0.0931 e. The fourth-order valence-electron chi connectivity index (χ4n) is 2.10. The summed E-state index contributed by atoms with van der Waals surface area (Å²) in [5.41, 5.74) is 2.88. The Labute approximate surface area is 98.5 Å². The highest BCUT2D eigenvalue weighted by Crippen LogP contribution is 2.36. The van der Waals surface area contributed by atoms with Crippen LogP contribution in [-0.2, 0) is 4.74 Å². The molecule has 3 atom stereocenters. The number of nitrogens with one attached hydrogen (secondary N) is 1. The van der Waals surface area contributed by atoms with Crippen molar-refractivity contribution in [1.29, 1.82) is 0 Å². The van der Waals surface area contributed by atoms with E-state index in [2.05, 4.69) is 12.3 Å². The summed E-state index contributed by atoms with van der Waals surface area (Å²) in [6.45, 7) is 2.92. The van der Waals surface area contributed by atoms with Crippen LogP contribution in [0.3, 0.4) is 0 Å². The zero-order valence-corrected chi connectivity index (χ0v) is 10.1. The van der Waals surface area contributed by atoms with E-state index in [1.165, 1.54) is 4.88 Å². The van der Waals surface area contributed by atoms with Crippen LogP contribution in [0.5, 0.6) is 0 Å². The standard InChI is InChI=1S/C10H15ClN2OS/c1-6-7(4-5-14-6)10(13-12)8-2-3-9(11)15-8/h2-3,6-7,10,13H,4-5,12H2,1H3. The van der Waals surface area contributed by atoms with Gasteiger partial charge in [-0.2, -0.15) is 0 Å². The van der Waals surface area contributed by atoms with E-state index in [-0.39, 0.29) is 12.1 Å². The molecule has 1 aromatic rings. The number of hydrazine groups is 1. The first kappa shape index (κ1) is 11.4. The highest BCUT2D eigenvalue weighted by molar-refractivity contribution is 7.16. The molecule has 2 heterocycles. The summed E-state index contributed by atoms with van der Waals surface area (Å²) < 4.78 is 6.36. The largest absolute Gasteiger partial charge is 0.378 e. The second-order valence-electron chi connectivity index (χ2n) is 3.81. The fourth-order valence-corrected chi connectivity index (χ4v) is 3.30. The molecule has 15 heavy (non-hydrogen) atoms. The van der Waals surface area contributed by atoms with Gasteiger partial charge < -0.3 is 4.74 Å². The normalized spacial score (nSPS) is 28.2. The van der Waals surface area contributed by atoms with Gasteiger partial charge in [-0.25, -0.2) is 0 Å². The predicted molar refractivity (Wildman–Crippen MR) is 62.9 cm³/mol. The van der Waals surface area contributed by atoms with E-state index in [1.54, 1.807) is 11.3 Å². The third-order valence-electron chi connectivity index (χ3n) is 2.94. The number of nitrogens with two attached hydrogens (primary N) is 1. The van der Waals surface area contributed by atoms with Gasteiger partial charge >= 0.3 is 0 Å². The molecule has 2 rings (SSSR count). The van der Waals surface area contributed by atoms with Crippen molar-refractivity contribution in [3.8, 4) is 0 Å². The molecule has 0 bridgehead atoms. The lowest BCUT2D eigenvalue weighted by Gasteiger charge is -2.23. The monoisotopic (exact) mass is 246 g/mol. The molecule has 0 saturated carbocycles. The summed E-state index contributed by atoms with van der Waals surface area (Å²) in [6, 6.07) is 4.09. The molecule has 3 nitrogen and oxygen atoms in total. The van der Waals surface area contributed by atoms with Crippen LogP contribution >= 0.6 is 22.9 Å². The Hall–Kier alpha value is -0.130. The maximum absolute atomic E-state index is 5.92. The lowest BCUT2D eigenvalue weighted by Crippen LogP contribution is -2.35.